The predicted molar refractivity (Wildman–Crippen MR) is 74.6 cm³/mol. The van der Waals surface area contributed by atoms with E-state index in [9.17, 15) is 9.59 Å². The molecule has 0 aromatic heterocycles. The van der Waals surface area contributed by atoms with Crippen LogP contribution in [0.25, 0.3) is 0 Å². The van der Waals surface area contributed by atoms with Gasteiger partial charge in [-0.05, 0) is 31.1 Å². The van der Waals surface area contributed by atoms with E-state index in [4.69, 9.17) is 9.47 Å². The first kappa shape index (κ1) is 12.4. The van der Waals surface area contributed by atoms with Crippen LogP contribution in [0.3, 0.4) is 0 Å². The van der Waals surface area contributed by atoms with Crippen LogP contribution in [0, 0.1) is 23.2 Å². The highest BCUT2D eigenvalue weighted by Crippen LogP contribution is 2.85. The third kappa shape index (κ3) is 1.30. The minimum absolute atomic E-state index is 0.0975. The van der Waals surface area contributed by atoms with E-state index in [1.54, 1.807) is 0 Å². The smallest absolute Gasteiger partial charge is 0.322 e. The summed E-state index contributed by atoms with van der Waals surface area (Å²) in [5, 5.41) is 0. The lowest BCUT2D eigenvalue weighted by molar-refractivity contribution is -0.172. The van der Waals surface area contributed by atoms with Crippen LogP contribution in [0.15, 0.2) is 0 Å². The molecule has 4 nitrogen and oxygen atoms in total. The van der Waals surface area contributed by atoms with Crippen LogP contribution in [-0.4, -0.2) is 27.6 Å². The highest BCUT2D eigenvalue weighted by atomic mass is 127. The van der Waals surface area contributed by atoms with Crippen molar-refractivity contribution in [3.8, 4) is 0 Å². The maximum atomic E-state index is 12.2. The number of rotatable bonds is 3. The molecule has 7 unspecified atom stereocenters. The SMILES string of the molecule is CCC(C)(I)C(=O)OC1C2OC(=O)CC34C1CC3C24. The van der Waals surface area contributed by atoms with Crippen LogP contribution in [0.2, 0.25) is 0 Å². The summed E-state index contributed by atoms with van der Waals surface area (Å²) >= 11 is 2.15. The summed E-state index contributed by atoms with van der Waals surface area (Å²) in [7, 11) is 0. The molecular formula is C14H17IO4. The molecule has 3 aliphatic carbocycles. The number of carbonyl (C=O) groups excluding carboxylic acids is 2. The Morgan fingerprint density at radius 3 is 3.00 bits per heavy atom. The van der Waals surface area contributed by atoms with Gasteiger partial charge < -0.3 is 9.47 Å². The molecule has 3 saturated carbocycles. The Morgan fingerprint density at radius 1 is 1.58 bits per heavy atom. The van der Waals surface area contributed by atoms with E-state index in [-0.39, 0.29) is 29.6 Å². The van der Waals surface area contributed by atoms with Crippen LogP contribution in [0.4, 0.5) is 0 Å². The number of hydrogen-bond donors (Lipinski definition) is 0. The molecule has 0 N–H and O–H groups in total. The zero-order valence-corrected chi connectivity index (χ0v) is 13.2. The molecule has 4 aliphatic rings. The molecule has 7 atom stereocenters. The van der Waals surface area contributed by atoms with E-state index in [2.05, 4.69) is 22.6 Å². The van der Waals surface area contributed by atoms with Gasteiger partial charge in [0.05, 0.1) is 6.42 Å². The number of halogens is 1. The zero-order chi connectivity index (χ0) is 13.6. The van der Waals surface area contributed by atoms with Gasteiger partial charge in [-0.3, -0.25) is 9.59 Å². The standard InChI is InChI=1S/C14H17IO4/c1-3-13(2,15)12(17)19-10-7-4-6-9-11(10)18-8(16)5-14(6,7)9/h6-7,9-11H,3-5H2,1-2H3. The molecule has 0 amide bonds. The second-order valence-corrected chi connectivity index (χ2v) is 9.02. The van der Waals surface area contributed by atoms with Gasteiger partial charge in [0.2, 0.25) is 0 Å². The van der Waals surface area contributed by atoms with E-state index in [0.29, 0.717) is 24.2 Å². The lowest BCUT2D eigenvalue weighted by atomic mass is 9.69. The van der Waals surface area contributed by atoms with Gasteiger partial charge in [-0.15, -0.1) is 0 Å². The third-order valence-corrected chi connectivity index (χ3v) is 7.16. The van der Waals surface area contributed by atoms with Gasteiger partial charge in [-0.2, -0.15) is 0 Å². The summed E-state index contributed by atoms with van der Waals surface area (Å²) in [6, 6.07) is 0. The first-order valence-electron chi connectivity index (χ1n) is 7.01. The van der Waals surface area contributed by atoms with Gasteiger partial charge in [-0.1, -0.05) is 29.5 Å². The largest absolute Gasteiger partial charge is 0.458 e. The Morgan fingerprint density at radius 2 is 2.32 bits per heavy atom. The van der Waals surface area contributed by atoms with Crippen molar-refractivity contribution in [1.82, 2.24) is 0 Å². The van der Waals surface area contributed by atoms with Gasteiger partial charge in [0, 0.05) is 11.8 Å². The Balaban J connectivity index is 1.55. The summed E-state index contributed by atoms with van der Waals surface area (Å²) in [6.45, 7) is 3.88. The fourth-order valence-electron chi connectivity index (χ4n) is 4.71. The third-order valence-electron chi connectivity index (χ3n) is 5.96. The van der Waals surface area contributed by atoms with E-state index in [1.165, 1.54) is 0 Å². The molecule has 5 heteroatoms. The zero-order valence-electron chi connectivity index (χ0n) is 11.0. The van der Waals surface area contributed by atoms with Crippen LogP contribution < -0.4 is 0 Å². The van der Waals surface area contributed by atoms with E-state index < -0.39 is 3.42 Å². The summed E-state index contributed by atoms with van der Waals surface area (Å²) in [6.07, 6.45) is 2.06. The maximum Gasteiger partial charge on any atom is 0.322 e. The van der Waals surface area contributed by atoms with Gasteiger partial charge in [0.25, 0.3) is 0 Å². The van der Waals surface area contributed by atoms with Gasteiger partial charge in [0.15, 0.2) is 0 Å². The molecule has 0 aromatic rings. The van der Waals surface area contributed by atoms with Crippen LogP contribution >= 0.6 is 22.6 Å². The number of ether oxygens (including phenoxy) is 2. The van der Waals surface area contributed by atoms with Crippen molar-refractivity contribution in [2.45, 2.75) is 48.7 Å². The lowest BCUT2D eigenvalue weighted by Gasteiger charge is -2.38. The van der Waals surface area contributed by atoms with Crippen LogP contribution in [0.5, 0.6) is 0 Å². The predicted octanol–water partition coefficient (Wildman–Crippen LogP) is 2.08. The second kappa shape index (κ2) is 3.46. The highest BCUT2D eigenvalue weighted by Gasteiger charge is 2.88. The molecule has 1 aliphatic heterocycles. The number of hydrogen-bond acceptors (Lipinski definition) is 4. The normalized spacial score (nSPS) is 51.5. The number of esters is 2. The molecule has 1 spiro atoms. The summed E-state index contributed by atoms with van der Waals surface area (Å²) in [5.41, 5.74) is 0.166. The fraction of sp³-hybridized carbons (Fsp3) is 0.857. The molecule has 2 bridgehead atoms. The van der Waals surface area contributed by atoms with Crippen molar-refractivity contribution in [2.75, 3.05) is 0 Å². The monoisotopic (exact) mass is 376 g/mol. The Labute approximate surface area is 125 Å². The number of alkyl halides is 1. The quantitative estimate of drug-likeness (QED) is 0.430. The fourth-order valence-corrected chi connectivity index (χ4v) is 4.83. The number of carbonyl (C=O) groups is 2. The molecular weight excluding hydrogens is 359 g/mol. The van der Waals surface area contributed by atoms with Crippen molar-refractivity contribution >= 4 is 34.5 Å². The molecule has 104 valence electrons. The highest BCUT2D eigenvalue weighted by molar-refractivity contribution is 14.1. The van der Waals surface area contributed by atoms with Gasteiger partial charge >= 0.3 is 11.9 Å². The van der Waals surface area contributed by atoms with Crippen molar-refractivity contribution in [2.24, 2.45) is 23.2 Å². The maximum absolute atomic E-state index is 12.2. The van der Waals surface area contributed by atoms with Gasteiger partial charge in [0.1, 0.15) is 15.6 Å². The first-order valence-corrected chi connectivity index (χ1v) is 8.09. The van der Waals surface area contributed by atoms with Crippen molar-refractivity contribution in [3.05, 3.63) is 0 Å². The summed E-state index contributed by atoms with van der Waals surface area (Å²) in [4.78, 5) is 23.9. The van der Waals surface area contributed by atoms with Crippen molar-refractivity contribution < 1.29 is 19.1 Å². The van der Waals surface area contributed by atoms with E-state index in [0.717, 1.165) is 12.8 Å². The summed E-state index contributed by atoms with van der Waals surface area (Å²) < 4.78 is 10.7. The minimum atomic E-state index is -0.483. The summed E-state index contributed by atoms with van der Waals surface area (Å²) in [5.74, 6) is 1.26. The minimum Gasteiger partial charge on any atom is -0.458 e. The average molecular weight is 376 g/mol. The molecule has 0 radical (unpaired) electrons. The molecule has 4 fully saturated rings. The topological polar surface area (TPSA) is 52.6 Å². The van der Waals surface area contributed by atoms with Crippen molar-refractivity contribution in [3.63, 3.8) is 0 Å². The first-order chi connectivity index (χ1) is 8.91. The molecule has 0 aromatic carbocycles. The Kier molecular flexibility index (Phi) is 2.26. The van der Waals surface area contributed by atoms with Gasteiger partial charge in [-0.25, -0.2) is 0 Å². The van der Waals surface area contributed by atoms with Crippen LogP contribution in [-0.2, 0) is 19.1 Å². The molecule has 1 saturated heterocycles. The Hall–Kier alpha value is -0.330. The lowest BCUT2D eigenvalue weighted by Crippen LogP contribution is -2.46. The van der Waals surface area contributed by atoms with Crippen LogP contribution in [0.1, 0.15) is 33.1 Å². The van der Waals surface area contributed by atoms with E-state index in [1.807, 2.05) is 13.8 Å². The Bertz CT molecular complexity index is 488. The molecule has 1 heterocycles. The average Bonchev–Trinajstić information content (AvgIpc) is 2.83. The molecule has 4 rings (SSSR count). The van der Waals surface area contributed by atoms with E-state index >= 15 is 0 Å². The van der Waals surface area contributed by atoms with Crippen molar-refractivity contribution in [1.29, 1.82) is 0 Å². The second-order valence-electron chi connectivity index (χ2n) is 6.64. The molecule has 19 heavy (non-hydrogen) atoms.